The summed E-state index contributed by atoms with van der Waals surface area (Å²) in [5.74, 6) is 0.573. The van der Waals surface area contributed by atoms with E-state index in [1.165, 1.54) is 0 Å². The maximum absolute atomic E-state index is 13.7. The van der Waals surface area contributed by atoms with Crippen molar-refractivity contribution >= 4 is 28.5 Å². The lowest BCUT2D eigenvalue weighted by molar-refractivity contribution is -0.122. The maximum atomic E-state index is 13.7. The van der Waals surface area contributed by atoms with E-state index in [4.69, 9.17) is 13.6 Å². The average Bonchev–Trinajstić information content (AvgIpc) is 3.50. The first-order chi connectivity index (χ1) is 16.9. The Morgan fingerprint density at radius 3 is 2.43 bits per heavy atom. The Bertz CT molecular complexity index is 1260. The molecule has 8 nitrogen and oxygen atoms in total. The second-order valence-corrected chi connectivity index (χ2v) is 8.47. The smallest absolute Gasteiger partial charge is 0.292 e. The van der Waals surface area contributed by atoms with Crippen molar-refractivity contribution in [2.75, 3.05) is 32.5 Å². The molecule has 4 rings (SSSR count). The predicted octanol–water partition coefficient (Wildman–Crippen LogP) is 4.64. The number of anilines is 1. The maximum Gasteiger partial charge on any atom is 0.292 e. The molecule has 0 aliphatic heterocycles. The molecule has 4 aromatic rings. The first kappa shape index (κ1) is 24.1. The van der Waals surface area contributed by atoms with Gasteiger partial charge in [0.25, 0.3) is 11.8 Å². The van der Waals surface area contributed by atoms with Crippen molar-refractivity contribution in [1.82, 2.24) is 9.80 Å². The molecule has 2 aromatic heterocycles. The van der Waals surface area contributed by atoms with E-state index in [2.05, 4.69) is 5.32 Å². The van der Waals surface area contributed by atoms with Crippen molar-refractivity contribution in [2.24, 2.45) is 0 Å². The number of ether oxygens (including phenoxy) is 1. The van der Waals surface area contributed by atoms with E-state index in [9.17, 15) is 9.59 Å². The Morgan fingerprint density at radius 1 is 0.971 bits per heavy atom. The molecule has 0 saturated heterocycles. The third-order valence-corrected chi connectivity index (χ3v) is 5.49. The summed E-state index contributed by atoms with van der Waals surface area (Å²) < 4.78 is 17.2. The Morgan fingerprint density at radius 2 is 1.71 bits per heavy atom. The summed E-state index contributed by atoms with van der Waals surface area (Å²) in [6.07, 6.45) is 0.784. The number of para-hydroxylation sites is 2. The largest absolute Gasteiger partial charge is 0.481 e. The molecule has 0 fully saturated rings. The van der Waals surface area contributed by atoms with Gasteiger partial charge in [0.2, 0.25) is 5.76 Å². The number of furan rings is 2. The van der Waals surface area contributed by atoms with Crippen LogP contribution in [-0.4, -0.2) is 54.9 Å². The molecule has 0 aliphatic carbocycles. The first-order valence-electron chi connectivity index (χ1n) is 11.4. The van der Waals surface area contributed by atoms with Crippen LogP contribution < -0.4 is 10.1 Å². The number of carbonyl (C=O) groups is 2. The van der Waals surface area contributed by atoms with Crippen LogP contribution in [-0.2, 0) is 11.3 Å². The van der Waals surface area contributed by atoms with Crippen LogP contribution in [0.3, 0.4) is 0 Å². The Hall–Kier alpha value is -4.04. The van der Waals surface area contributed by atoms with Crippen molar-refractivity contribution in [2.45, 2.75) is 19.6 Å². The highest BCUT2D eigenvalue weighted by Crippen LogP contribution is 2.32. The molecule has 1 atom stereocenters. The van der Waals surface area contributed by atoms with Crippen LogP contribution in [0, 0.1) is 0 Å². The molecule has 1 N–H and O–H groups in total. The first-order valence-corrected chi connectivity index (χ1v) is 11.4. The zero-order valence-corrected chi connectivity index (χ0v) is 20.1. The number of nitrogens with zero attached hydrogens (tertiary/aromatic N) is 2. The van der Waals surface area contributed by atoms with Crippen LogP contribution in [0.1, 0.15) is 23.2 Å². The quantitative estimate of drug-likeness (QED) is 0.360. The van der Waals surface area contributed by atoms with E-state index in [-0.39, 0.29) is 24.1 Å². The Kier molecular flexibility index (Phi) is 7.52. The minimum atomic E-state index is -0.790. The number of benzene rings is 2. The highest BCUT2D eigenvalue weighted by molar-refractivity contribution is 6.11. The van der Waals surface area contributed by atoms with Gasteiger partial charge in [-0.25, -0.2) is 0 Å². The van der Waals surface area contributed by atoms with Gasteiger partial charge in [0.1, 0.15) is 22.8 Å². The van der Waals surface area contributed by atoms with Gasteiger partial charge in [-0.3, -0.25) is 9.59 Å². The van der Waals surface area contributed by atoms with Crippen LogP contribution in [0.4, 0.5) is 5.69 Å². The van der Waals surface area contributed by atoms with Gasteiger partial charge in [0.05, 0.1) is 12.8 Å². The normalized spacial score (nSPS) is 12.0. The van der Waals surface area contributed by atoms with E-state index in [1.807, 2.05) is 61.5 Å². The average molecular weight is 476 g/mol. The fraction of sp³-hybridized carbons (Fsp3) is 0.259. The molecule has 2 amide bonds. The Labute approximate surface area is 204 Å². The second kappa shape index (κ2) is 10.9. The van der Waals surface area contributed by atoms with Crippen molar-refractivity contribution in [3.63, 3.8) is 0 Å². The lowest BCUT2D eigenvalue weighted by atomic mass is 10.2. The number of nitrogens with one attached hydrogen (secondary N) is 1. The zero-order chi connectivity index (χ0) is 24.8. The molecule has 2 heterocycles. The zero-order valence-electron chi connectivity index (χ0n) is 20.1. The summed E-state index contributed by atoms with van der Waals surface area (Å²) in [5, 5.41) is 3.51. The molecule has 182 valence electrons. The van der Waals surface area contributed by atoms with E-state index in [1.54, 1.807) is 42.4 Å². The molecule has 35 heavy (non-hydrogen) atoms. The van der Waals surface area contributed by atoms with Gasteiger partial charge in [0.15, 0.2) is 6.10 Å². The molecule has 0 spiro atoms. The van der Waals surface area contributed by atoms with Crippen molar-refractivity contribution < 1.29 is 23.2 Å². The van der Waals surface area contributed by atoms with Gasteiger partial charge in [-0.2, -0.15) is 0 Å². The van der Waals surface area contributed by atoms with E-state index >= 15 is 0 Å². The number of fused-ring (bicyclic) bond motifs is 1. The number of likely N-dealkylation sites (N-methyl/N-ethyl adjacent to an activating group) is 1. The fourth-order valence-electron chi connectivity index (χ4n) is 3.61. The number of hydrogen-bond donors (Lipinski definition) is 1. The van der Waals surface area contributed by atoms with Crippen LogP contribution in [0.5, 0.6) is 5.75 Å². The Balaban J connectivity index is 1.62. The SMILES string of the molecule is CC(Oc1ccccc1)C(=O)Nc1c(C(=O)N(CCN(C)C)Cc2ccco2)oc2ccccc12. The predicted molar refractivity (Wildman–Crippen MR) is 133 cm³/mol. The summed E-state index contributed by atoms with van der Waals surface area (Å²) >= 11 is 0. The fourth-order valence-corrected chi connectivity index (χ4v) is 3.61. The number of carbonyl (C=O) groups excluding carboxylic acids is 2. The van der Waals surface area contributed by atoms with E-state index in [0.29, 0.717) is 41.3 Å². The second-order valence-electron chi connectivity index (χ2n) is 8.47. The highest BCUT2D eigenvalue weighted by atomic mass is 16.5. The van der Waals surface area contributed by atoms with Gasteiger partial charge >= 0.3 is 0 Å². The number of rotatable bonds is 10. The van der Waals surface area contributed by atoms with Gasteiger partial charge in [0, 0.05) is 18.5 Å². The highest BCUT2D eigenvalue weighted by Gasteiger charge is 2.28. The minimum Gasteiger partial charge on any atom is -0.481 e. The summed E-state index contributed by atoms with van der Waals surface area (Å²) in [7, 11) is 3.88. The molecule has 2 aromatic carbocycles. The molecular weight excluding hydrogens is 446 g/mol. The van der Waals surface area contributed by atoms with E-state index < -0.39 is 6.10 Å². The summed E-state index contributed by atoms with van der Waals surface area (Å²) in [5.41, 5.74) is 0.835. The molecule has 1 unspecified atom stereocenters. The van der Waals surface area contributed by atoms with Gasteiger partial charge < -0.3 is 28.7 Å². The van der Waals surface area contributed by atoms with E-state index in [0.717, 1.165) is 0 Å². The molecule has 8 heteroatoms. The van der Waals surface area contributed by atoms with Crippen LogP contribution in [0.25, 0.3) is 11.0 Å². The lowest BCUT2D eigenvalue weighted by Gasteiger charge is -2.23. The monoisotopic (exact) mass is 475 g/mol. The molecule has 0 saturated carbocycles. The third-order valence-electron chi connectivity index (χ3n) is 5.49. The topological polar surface area (TPSA) is 88.2 Å². The van der Waals surface area contributed by atoms with Crippen LogP contribution in [0.15, 0.2) is 81.8 Å². The third kappa shape index (κ3) is 5.91. The van der Waals surface area contributed by atoms with Crippen molar-refractivity contribution in [1.29, 1.82) is 0 Å². The summed E-state index contributed by atoms with van der Waals surface area (Å²) in [6.45, 7) is 3.03. The molecule has 0 bridgehead atoms. The summed E-state index contributed by atoms with van der Waals surface area (Å²) in [6, 6.07) is 19.9. The lowest BCUT2D eigenvalue weighted by Crippen LogP contribution is -2.37. The molecule has 0 aliphatic rings. The van der Waals surface area contributed by atoms with Gasteiger partial charge in [-0.1, -0.05) is 30.3 Å². The number of hydrogen-bond acceptors (Lipinski definition) is 6. The minimum absolute atomic E-state index is 0.0665. The molecular formula is C27H29N3O5. The van der Waals surface area contributed by atoms with Crippen LogP contribution >= 0.6 is 0 Å². The standard InChI is InChI=1S/C27H29N3O5/c1-19(34-20-10-5-4-6-11-20)26(31)28-24-22-13-7-8-14-23(22)35-25(24)27(32)30(16-15-29(2)3)18-21-12-9-17-33-21/h4-14,17,19H,15-16,18H2,1-3H3,(H,28,31). The van der Waals surface area contributed by atoms with Crippen LogP contribution in [0.2, 0.25) is 0 Å². The summed E-state index contributed by atoms with van der Waals surface area (Å²) in [4.78, 5) is 30.4. The van der Waals surface area contributed by atoms with Gasteiger partial charge in [-0.05, 0) is 57.4 Å². The number of amides is 2. The van der Waals surface area contributed by atoms with Gasteiger partial charge in [-0.15, -0.1) is 0 Å². The molecule has 0 radical (unpaired) electrons. The van der Waals surface area contributed by atoms with Crippen molar-refractivity contribution in [3.8, 4) is 5.75 Å². The van der Waals surface area contributed by atoms with Crippen molar-refractivity contribution in [3.05, 3.63) is 84.5 Å².